The molecule has 23 heavy (non-hydrogen) atoms. The van der Waals surface area contributed by atoms with E-state index in [1.165, 1.54) is 0 Å². The molecule has 0 rings (SSSR count). The molecule has 0 spiro atoms. The molecular weight excluding hydrogens is 300 g/mol. The minimum atomic E-state index is -0.931. The van der Waals surface area contributed by atoms with E-state index < -0.39 is 5.97 Å². The molecule has 0 fully saturated rings. The smallest absolute Gasteiger partial charge is 0.303 e. The van der Waals surface area contributed by atoms with E-state index in [0.717, 1.165) is 6.42 Å². The van der Waals surface area contributed by atoms with Crippen LogP contribution in [-0.4, -0.2) is 54.0 Å². The summed E-state index contributed by atoms with van der Waals surface area (Å²) in [4.78, 5) is 21.1. The number of aliphatic hydroxyl groups excluding tert-OH is 1. The molecule has 0 bridgehead atoms. The van der Waals surface area contributed by atoms with E-state index in [9.17, 15) is 9.59 Å². The summed E-state index contributed by atoms with van der Waals surface area (Å²) in [5, 5.41) is 19.6. The lowest BCUT2D eigenvalue weighted by molar-refractivity contribution is -0.138. The number of aliphatic hydroxyl groups is 1. The fraction of sp³-hybridized carbons (Fsp3) is 0.875. The quantitative estimate of drug-likeness (QED) is 0.449. The lowest BCUT2D eigenvalue weighted by Gasteiger charge is -2.23. The van der Waals surface area contributed by atoms with Gasteiger partial charge < -0.3 is 26.0 Å². The van der Waals surface area contributed by atoms with Crippen molar-refractivity contribution in [2.45, 2.75) is 59.0 Å². The highest BCUT2D eigenvalue weighted by molar-refractivity contribution is 5.80. The van der Waals surface area contributed by atoms with Gasteiger partial charge in [0.05, 0.1) is 18.6 Å². The van der Waals surface area contributed by atoms with Crippen LogP contribution in [0.2, 0.25) is 0 Å². The average molecular weight is 334 g/mol. The van der Waals surface area contributed by atoms with E-state index in [4.69, 9.17) is 20.7 Å². The molecule has 138 valence electrons. The highest BCUT2D eigenvalue weighted by Gasteiger charge is 2.16. The highest BCUT2D eigenvalue weighted by Crippen LogP contribution is 2.12. The van der Waals surface area contributed by atoms with Gasteiger partial charge in [-0.05, 0) is 32.6 Å². The lowest BCUT2D eigenvalue weighted by Crippen LogP contribution is -2.28. The molecule has 0 atom stereocenters. The molecule has 1 amide bonds. The van der Waals surface area contributed by atoms with Gasteiger partial charge in [-0.2, -0.15) is 0 Å². The number of amides is 1. The summed E-state index contributed by atoms with van der Waals surface area (Å²) in [6, 6.07) is 0. The number of hydrogen-bond donors (Lipinski definition) is 4. The summed E-state index contributed by atoms with van der Waals surface area (Å²) in [6.07, 6.45) is 1.58. The van der Waals surface area contributed by atoms with Crippen molar-refractivity contribution in [2.24, 2.45) is 11.7 Å². The average Bonchev–Trinajstić information content (AvgIpc) is 2.43. The SMILES string of the molecule is CC(C)(CCO)OCCN.CC(C)CCNC(=O)CCC(=O)O. The molecule has 0 aliphatic rings. The van der Waals surface area contributed by atoms with Crippen molar-refractivity contribution in [1.29, 1.82) is 0 Å². The molecule has 7 heteroatoms. The van der Waals surface area contributed by atoms with Crippen LogP contribution in [0.15, 0.2) is 0 Å². The Hall–Kier alpha value is -1.18. The molecule has 0 aromatic heterocycles. The predicted molar refractivity (Wildman–Crippen MR) is 90.1 cm³/mol. The zero-order valence-electron chi connectivity index (χ0n) is 14.9. The number of carbonyl (C=O) groups is 2. The Morgan fingerprint density at radius 2 is 1.87 bits per heavy atom. The van der Waals surface area contributed by atoms with E-state index in [0.29, 0.717) is 32.0 Å². The third-order valence-corrected chi connectivity index (χ3v) is 2.93. The van der Waals surface area contributed by atoms with Gasteiger partial charge in [-0.1, -0.05) is 13.8 Å². The minimum absolute atomic E-state index is 0.0768. The maximum atomic E-state index is 11.0. The second-order valence-corrected chi connectivity index (χ2v) is 6.30. The first-order chi connectivity index (χ1) is 10.6. The summed E-state index contributed by atoms with van der Waals surface area (Å²) in [5.41, 5.74) is 5.02. The largest absolute Gasteiger partial charge is 0.481 e. The van der Waals surface area contributed by atoms with Crippen LogP contribution in [0.5, 0.6) is 0 Å². The number of carboxylic acids is 1. The summed E-state index contributed by atoms with van der Waals surface area (Å²) < 4.78 is 5.33. The molecule has 0 saturated heterocycles. The van der Waals surface area contributed by atoms with Crippen molar-refractivity contribution in [3.63, 3.8) is 0 Å². The van der Waals surface area contributed by atoms with Crippen LogP contribution < -0.4 is 11.1 Å². The van der Waals surface area contributed by atoms with Crippen LogP contribution >= 0.6 is 0 Å². The molecule has 0 aromatic carbocycles. The van der Waals surface area contributed by atoms with Gasteiger partial charge in [0.2, 0.25) is 5.91 Å². The number of ether oxygens (including phenoxy) is 1. The van der Waals surface area contributed by atoms with Crippen molar-refractivity contribution < 1.29 is 24.5 Å². The van der Waals surface area contributed by atoms with Crippen molar-refractivity contribution in [1.82, 2.24) is 5.32 Å². The zero-order chi connectivity index (χ0) is 18.3. The fourth-order valence-corrected chi connectivity index (χ4v) is 1.49. The summed E-state index contributed by atoms with van der Waals surface area (Å²) in [7, 11) is 0. The van der Waals surface area contributed by atoms with Crippen molar-refractivity contribution in [2.75, 3.05) is 26.3 Å². The van der Waals surface area contributed by atoms with Gasteiger partial charge in [0.1, 0.15) is 0 Å². The monoisotopic (exact) mass is 334 g/mol. The molecule has 0 saturated carbocycles. The third-order valence-electron chi connectivity index (χ3n) is 2.93. The zero-order valence-corrected chi connectivity index (χ0v) is 14.9. The van der Waals surface area contributed by atoms with Gasteiger partial charge in [-0.15, -0.1) is 0 Å². The van der Waals surface area contributed by atoms with E-state index in [2.05, 4.69) is 19.2 Å². The molecule has 5 N–H and O–H groups in total. The van der Waals surface area contributed by atoms with Crippen LogP contribution in [0.4, 0.5) is 0 Å². The summed E-state index contributed by atoms with van der Waals surface area (Å²) in [5.74, 6) is -0.554. The number of nitrogens with one attached hydrogen (secondary N) is 1. The van der Waals surface area contributed by atoms with Gasteiger partial charge >= 0.3 is 5.97 Å². The number of nitrogens with two attached hydrogens (primary N) is 1. The molecule has 0 aromatic rings. The van der Waals surface area contributed by atoms with Crippen molar-refractivity contribution >= 4 is 11.9 Å². The van der Waals surface area contributed by atoms with Gasteiger partial charge in [0.25, 0.3) is 0 Å². The standard InChI is InChI=1S/C9H17NO3.C7H17NO2/c1-7(2)5-6-10-8(11)3-4-9(12)13;1-7(2,3-5-9)10-6-4-8/h7H,3-6H2,1-2H3,(H,10,11)(H,12,13);9H,3-6,8H2,1-2H3. The normalized spacial score (nSPS) is 10.9. The number of carbonyl (C=O) groups excluding carboxylic acids is 1. The Morgan fingerprint density at radius 1 is 1.26 bits per heavy atom. The van der Waals surface area contributed by atoms with Crippen LogP contribution in [0.3, 0.4) is 0 Å². The Bertz CT molecular complexity index is 320. The van der Waals surface area contributed by atoms with Gasteiger partial charge in [0, 0.05) is 26.1 Å². The number of hydrogen-bond acceptors (Lipinski definition) is 5. The number of carboxylic acid groups (broad SMARTS) is 1. The first-order valence-corrected chi connectivity index (χ1v) is 8.08. The van der Waals surface area contributed by atoms with Gasteiger partial charge in [-0.25, -0.2) is 0 Å². The molecule has 0 unspecified atom stereocenters. The topological polar surface area (TPSA) is 122 Å². The second-order valence-electron chi connectivity index (χ2n) is 6.30. The van der Waals surface area contributed by atoms with Crippen LogP contribution in [0.1, 0.15) is 53.4 Å². The van der Waals surface area contributed by atoms with E-state index in [-0.39, 0.29) is 31.0 Å². The Morgan fingerprint density at radius 3 is 2.30 bits per heavy atom. The van der Waals surface area contributed by atoms with E-state index >= 15 is 0 Å². The van der Waals surface area contributed by atoms with Gasteiger partial charge in [-0.3, -0.25) is 9.59 Å². The first kappa shape index (κ1) is 24.1. The van der Waals surface area contributed by atoms with Crippen LogP contribution in [-0.2, 0) is 14.3 Å². The molecule has 0 aliphatic carbocycles. The lowest BCUT2D eigenvalue weighted by atomic mass is 10.1. The highest BCUT2D eigenvalue weighted by atomic mass is 16.5. The van der Waals surface area contributed by atoms with Crippen molar-refractivity contribution in [3.05, 3.63) is 0 Å². The molecule has 7 nitrogen and oxygen atoms in total. The van der Waals surface area contributed by atoms with Crippen LogP contribution in [0.25, 0.3) is 0 Å². The molecule has 0 radical (unpaired) electrons. The second kappa shape index (κ2) is 14.4. The minimum Gasteiger partial charge on any atom is -0.481 e. The maximum Gasteiger partial charge on any atom is 0.303 e. The number of rotatable bonds is 11. The van der Waals surface area contributed by atoms with E-state index in [1.807, 2.05) is 13.8 Å². The third kappa shape index (κ3) is 20.8. The molecule has 0 heterocycles. The Balaban J connectivity index is 0. The van der Waals surface area contributed by atoms with Crippen molar-refractivity contribution in [3.8, 4) is 0 Å². The fourth-order valence-electron chi connectivity index (χ4n) is 1.49. The molecule has 0 aliphatic heterocycles. The Kier molecular flexibility index (Phi) is 15.1. The molecular formula is C16H34N2O5. The predicted octanol–water partition coefficient (Wildman–Crippen LogP) is 1.14. The summed E-state index contributed by atoms with van der Waals surface area (Å²) in [6.45, 7) is 9.93. The Labute approximate surface area is 139 Å². The summed E-state index contributed by atoms with van der Waals surface area (Å²) >= 11 is 0. The van der Waals surface area contributed by atoms with Gasteiger partial charge in [0.15, 0.2) is 0 Å². The number of aliphatic carboxylic acids is 1. The first-order valence-electron chi connectivity index (χ1n) is 8.08. The van der Waals surface area contributed by atoms with Crippen LogP contribution in [0, 0.1) is 5.92 Å². The van der Waals surface area contributed by atoms with E-state index in [1.54, 1.807) is 0 Å². The maximum absolute atomic E-state index is 11.0.